The molecule has 0 bridgehead atoms. The maximum atomic E-state index is 5.67. The number of rotatable bonds is 0. The van der Waals surface area contributed by atoms with E-state index >= 15 is 0 Å². The second-order valence-corrected chi connectivity index (χ2v) is 4.65. The molecular formula is C9H10NO2P. The van der Waals surface area contributed by atoms with Crippen LogP contribution in [0.5, 0.6) is 5.75 Å². The van der Waals surface area contributed by atoms with E-state index in [-0.39, 0.29) is 0 Å². The third-order valence-electron chi connectivity index (χ3n) is 2.22. The summed E-state index contributed by atoms with van der Waals surface area (Å²) in [5.41, 5.74) is 1.18. The first-order valence-corrected chi connectivity index (χ1v) is 5.49. The minimum Gasteiger partial charge on any atom is -0.429 e. The van der Waals surface area contributed by atoms with Crippen molar-refractivity contribution in [2.75, 3.05) is 11.2 Å². The van der Waals surface area contributed by atoms with E-state index in [9.17, 15) is 0 Å². The second kappa shape index (κ2) is 2.60. The van der Waals surface area contributed by atoms with Crippen molar-refractivity contribution in [3.05, 3.63) is 24.3 Å². The number of nitrogens with zero attached hydrogens (tertiary/aromatic N) is 1. The summed E-state index contributed by atoms with van der Waals surface area (Å²) in [6.45, 7) is 3.02. The minimum absolute atomic E-state index is 0.291. The SMILES string of the molecule is CC1CN2c3ccccc3OP2O1. The van der Waals surface area contributed by atoms with Gasteiger partial charge in [-0.1, -0.05) is 12.1 Å². The molecule has 2 heterocycles. The van der Waals surface area contributed by atoms with Gasteiger partial charge in [-0.25, -0.2) is 0 Å². The lowest BCUT2D eigenvalue weighted by molar-refractivity contribution is 0.265. The molecule has 0 saturated carbocycles. The molecule has 0 N–H and O–H groups in total. The lowest BCUT2D eigenvalue weighted by Gasteiger charge is -2.10. The molecule has 1 aromatic rings. The largest absolute Gasteiger partial charge is 0.429 e. The van der Waals surface area contributed by atoms with Crippen molar-refractivity contribution in [3.8, 4) is 5.75 Å². The number of hydrogen-bond acceptors (Lipinski definition) is 3. The molecule has 13 heavy (non-hydrogen) atoms. The van der Waals surface area contributed by atoms with Crippen LogP contribution in [0.2, 0.25) is 0 Å². The summed E-state index contributed by atoms with van der Waals surface area (Å²) in [5, 5.41) is 0. The monoisotopic (exact) mass is 195 g/mol. The fourth-order valence-electron chi connectivity index (χ4n) is 1.64. The first-order valence-electron chi connectivity index (χ1n) is 4.36. The highest BCUT2D eigenvalue weighted by molar-refractivity contribution is 7.50. The molecule has 0 aromatic heterocycles. The number of para-hydroxylation sites is 2. The predicted molar refractivity (Wildman–Crippen MR) is 51.9 cm³/mol. The van der Waals surface area contributed by atoms with E-state index in [1.165, 1.54) is 5.69 Å². The quantitative estimate of drug-likeness (QED) is 0.594. The van der Waals surface area contributed by atoms with Gasteiger partial charge in [-0.05, 0) is 19.1 Å². The molecule has 2 aliphatic rings. The molecule has 4 heteroatoms. The van der Waals surface area contributed by atoms with Gasteiger partial charge in [0.1, 0.15) is 0 Å². The van der Waals surface area contributed by atoms with Crippen molar-refractivity contribution in [2.45, 2.75) is 13.0 Å². The van der Waals surface area contributed by atoms with Crippen LogP contribution >= 0.6 is 8.53 Å². The fourth-order valence-corrected chi connectivity index (χ4v) is 3.30. The van der Waals surface area contributed by atoms with E-state index in [2.05, 4.69) is 17.7 Å². The van der Waals surface area contributed by atoms with Gasteiger partial charge in [0.05, 0.1) is 18.3 Å². The molecule has 1 fully saturated rings. The maximum absolute atomic E-state index is 5.67. The predicted octanol–water partition coefficient (Wildman–Crippen LogP) is 2.53. The second-order valence-electron chi connectivity index (χ2n) is 3.29. The molecule has 1 aromatic carbocycles. The van der Waals surface area contributed by atoms with Gasteiger partial charge in [-0.3, -0.25) is 4.67 Å². The Bertz CT molecular complexity index is 344. The van der Waals surface area contributed by atoms with Gasteiger partial charge >= 0.3 is 8.53 Å². The van der Waals surface area contributed by atoms with Crippen LogP contribution < -0.4 is 9.19 Å². The fraction of sp³-hybridized carbons (Fsp3) is 0.333. The Labute approximate surface area is 78.2 Å². The highest BCUT2D eigenvalue weighted by atomic mass is 31.2. The first-order chi connectivity index (χ1) is 6.34. The molecule has 0 aliphatic carbocycles. The van der Waals surface area contributed by atoms with Gasteiger partial charge in [0, 0.05) is 0 Å². The van der Waals surface area contributed by atoms with Crippen molar-refractivity contribution in [2.24, 2.45) is 0 Å². The zero-order valence-corrected chi connectivity index (χ0v) is 8.20. The van der Waals surface area contributed by atoms with Gasteiger partial charge in [0.2, 0.25) is 0 Å². The molecular weight excluding hydrogens is 185 g/mol. The average molecular weight is 195 g/mol. The molecule has 0 amide bonds. The van der Waals surface area contributed by atoms with Gasteiger partial charge < -0.3 is 9.05 Å². The minimum atomic E-state index is -0.826. The zero-order valence-electron chi connectivity index (χ0n) is 7.30. The Kier molecular flexibility index (Phi) is 1.52. The summed E-state index contributed by atoms with van der Waals surface area (Å²) in [6.07, 6.45) is 0.291. The Morgan fingerprint density at radius 1 is 1.46 bits per heavy atom. The van der Waals surface area contributed by atoms with Crippen LogP contribution in [0.3, 0.4) is 0 Å². The van der Waals surface area contributed by atoms with Crippen LogP contribution in [0.1, 0.15) is 6.92 Å². The van der Waals surface area contributed by atoms with Crippen molar-refractivity contribution in [3.63, 3.8) is 0 Å². The third-order valence-corrected chi connectivity index (χ3v) is 3.88. The molecule has 0 radical (unpaired) electrons. The Morgan fingerprint density at radius 3 is 3.23 bits per heavy atom. The van der Waals surface area contributed by atoms with Crippen LogP contribution in [0.15, 0.2) is 24.3 Å². The molecule has 2 atom stereocenters. The molecule has 2 unspecified atom stereocenters. The number of anilines is 1. The van der Waals surface area contributed by atoms with Crippen LogP contribution in [0.4, 0.5) is 5.69 Å². The van der Waals surface area contributed by atoms with Gasteiger partial charge in [-0.2, -0.15) is 0 Å². The lowest BCUT2D eigenvalue weighted by atomic mass is 10.3. The normalized spacial score (nSPS) is 29.8. The van der Waals surface area contributed by atoms with Crippen molar-refractivity contribution in [1.29, 1.82) is 0 Å². The first kappa shape index (κ1) is 7.60. The van der Waals surface area contributed by atoms with Crippen molar-refractivity contribution in [1.82, 2.24) is 0 Å². The standard InChI is InChI=1S/C9H10NO2P/c1-7-6-10-8-4-2-3-5-9(8)12-13(10)11-7/h2-5,7H,6H2,1H3. The molecule has 1 saturated heterocycles. The lowest BCUT2D eigenvalue weighted by Crippen LogP contribution is -2.14. The Balaban J connectivity index is 2.02. The van der Waals surface area contributed by atoms with E-state index in [0.717, 1.165) is 12.3 Å². The third kappa shape index (κ3) is 1.04. The highest BCUT2D eigenvalue weighted by Gasteiger charge is 2.40. The van der Waals surface area contributed by atoms with Crippen LogP contribution in [-0.2, 0) is 4.52 Å². The number of benzene rings is 1. The van der Waals surface area contributed by atoms with Gasteiger partial charge in [-0.15, -0.1) is 0 Å². The summed E-state index contributed by atoms with van der Waals surface area (Å²) >= 11 is 0. The van der Waals surface area contributed by atoms with Gasteiger partial charge in [0.25, 0.3) is 0 Å². The molecule has 2 aliphatic heterocycles. The topological polar surface area (TPSA) is 21.7 Å². The summed E-state index contributed by atoms with van der Waals surface area (Å²) in [6, 6.07) is 8.09. The number of fused-ring (bicyclic) bond motifs is 3. The average Bonchev–Trinajstić information content (AvgIpc) is 2.60. The van der Waals surface area contributed by atoms with E-state index < -0.39 is 8.53 Å². The Morgan fingerprint density at radius 2 is 2.31 bits per heavy atom. The Hall–Kier alpha value is -0.790. The highest BCUT2D eigenvalue weighted by Crippen LogP contribution is 2.60. The smallest absolute Gasteiger partial charge is 0.353 e. The van der Waals surface area contributed by atoms with Crippen LogP contribution in [-0.4, -0.2) is 12.6 Å². The molecule has 3 rings (SSSR count). The van der Waals surface area contributed by atoms with Crippen LogP contribution in [0, 0.1) is 0 Å². The summed E-state index contributed by atoms with van der Waals surface area (Å²) in [7, 11) is -0.826. The maximum Gasteiger partial charge on any atom is 0.353 e. The van der Waals surface area contributed by atoms with E-state index in [4.69, 9.17) is 9.05 Å². The van der Waals surface area contributed by atoms with Crippen LogP contribution in [0.25, 0.3) is 0 Å². The molecule has 68 valence electrons. The zero-order chi connectivity index (χ0) is 8.84. The molecule has 3 nitrogen and oxygen atoms in total. The summed E-state index contributed by atoms with van der Waals surface area (Å²) in [4.78, 5) is 0. The molecule has 0 spiro atoms. The van der Waals surface area contributed by atoms with Crippen molar-refractivity contribution < 1.29 is 9.05 Å². The van der Waals surface area contributed by atoms with Gasteiger partial charge in [0.15, 0.2) is 5.75 Å². The van der Waals surface area contributed by atoms with Crippen molar-refractivity contribution >= 4 is 14.2 Å². The summed E-state index contributed by atoms with van der Waals surface area (Å²) in [5.74, 6) is 0.959. The summed E-state index contributed by atoms with van der Waals surface area (Å²) < 4.78 is 13.5. The van der Waals surface area contributed by atoms with E-state index in [1.54, 1.807) is 0 Å². The number of hydrogen-bond donors (Lipinski definition) is 0. The van der Waals surface area contributed by atoms with E-state index in [1.807, 2.05) is 18.2 Å². The van der Waals surface area contributed by atoms with E-state index in [0.29, 0.717) is 6.10 Å².